The molecule has 1 aromatic rings. The third kappa shape index (κ3) is 3.60. The van der Waals surface area contributed by atoms with Crippen LogP contribution in [0.1, 0.15) is 18.6 Å². The molecule has 0 radical (unpaired) electrons. The number of piperidine rings is 1. The highest BCUT2D eigenvalue weighted by molar-refractivity contribution is 7.88. The van der Waals surface area contributed by atoms with E-state index >= 15 is 0 Å². The molecule has 2 rings (SSSR count). The molecular weight excluding hydrogens is 278 g/mol. The minimum Gasteiger partial charge on any atom is -0.447 e. The van der Waals surface area contributed by atoms with Crippen LogP contribution >= 0.6 is 0 Å². The molecule has 0 amide bonds. The van der Waals surface area contributed by atoms with E-state index in [0.29, 0.717) is 18.3 Å². The van der Waals surface area contributed by atoms with Crippen LogP contribution in [0.4, 0.5) is 0 Å². The van der Waals surface area contributed by atoms with E-state index in [0.717, 1.165) is 30.2 Å². The molecule has 0 aliphatic carbocycles. The van der Waals surface area contributed by atoms with Crippen molar-refractivity contribution in [3.05, 3.63) is 17.9 Å². The maximum Gasteiger partial charge on any atom is 0.275 e. The van der Waals surface area contributed by atoms with Gasteiger partial charge in [0.2, 0.25) is 5.09 Å². The van der Waals surface area contributed by atoms with Crippen molar-refractivity contribution in [2.45, 2.75) is 30.5 Å². The Morgan fingerprint density at radius 1 is 1.35 bits per heavy atom. The molecule has 0 unspecified atom stereocenters. The SMILES string of the molecule is CN1CCC(NCc2ccc(S(=O)(=O)N(C)C)o2)CC1. The smallest absolute Gasteiger partial charge is 0.275 e. The van der Waals surface area contributed by atoms with Gasteiger partial charge in [0.15, 0.2) is 0 Å². The van der Waals surface area contributed by atoms with Crippen molar-refractivity contribution in [2.75, 3.05) is 34.2 Å². The van der Waals surface area contributed by atoms with Crippen molar-refractivity contribution < 1.29 is 12.8 Å². The lowest BCUT2D eigenvalue weighted by Crippen LogP contribution is -2.40. The van der Waals surface area contributed by atoms with Gasteiger partial charge in [0.1, 0.15) is 5.76 Å². The van der Waals surface area contributed by atoms with Crippen molar-refractivity contribution in [2.24, 2.45) is 0 Å². The zero-order chi connectivity index (χ0) is 14.8. The van der Waals surface area contributed by atoms with E-state index in [2.05, 4.69) is 17.3 Å². The summed E-state index contributed by atoms with van der Waals surface area (Å²) in [6.45, 7) is 2.75. The fourth-order valence-electron chi connectivity index (χ4n) is 2.23. The fraction of sp³-hybridized carbons (Fsp3) is 0.692. The lowest BCUT2D eigenvalue weighted by atomic mass is 10.1. The fourth-order valence-corrected chi connectivity index (χ4v) is 3.04. The van der Waals surface area contributed by atoms with Gasteiger partial charge >= 0.3 is 0 Å². The van der Waals surface area contributed by atoms with Gasteiger partial charge in [0, 0.05) is 20.1 Å². The molecule has 6 nitrogen and oxygen atoms in total. The van der Waals surface area contributed by atoms with Crippen molar-refractivity contribution in [3.63, 3.8) is 0 Å². The summed E-state index contributed by atoms with van der Waals surface area (Å²) in [7, 11) is 1.64. The number of sulfonamides is 1. The quantitative estimate of drug-likeness (QED) is 0.868. The van der Waals surface area contributed by atoms with Crippen molar-refractivity contribution in [1.29, 1.82) is 0 Å². The van der Waals surface area contributed by atoms with E-state index in [9.17, 15) is 8.42 Å². The first-order valence-corrected chi connectivity index (χ1v) is 8.27. The Morgan fingerprint density at radius 2 is 2.00 bits per heavy atom. The number of hydrogen-bond acceptors (Lipinski definition) is 5. The summed E-state index contributed by atoms with van der Waals surface area (Å²) >= 11 is 0. The van der Waals surface area contributed by atoms with Crippen LogP contribution in [0.15, 0.2) is 21.6 Å². The number of likely N-dealkylation sites (tertiary alicyclic amines) is 1. The second-order valence-corrected chi connectivity index (χ2v) is 7.55. The van der Waals surface area contributed by atoms with Gasteiger partial charge in [0.25, 0.3) is 10.0 Å². The summed E-state index contributed by atoms with van der Waals surface area (Å²) in [6, 6.07) is 3.71. The normalized spacial score (nSPS) is 18.8. The first-order chi connectivity index (χ1) is 9.39. The van der Waals surface area contributed by atoms with Crippen LogP contribution in [0.3, 0.4) is 0 Å². The average molecular weight is 301 g/mol. The van der Waals surface area contributed by atoms with Gasteiger partial charge in [-0.05, 0) is 45.1 Å². The highest BCUT2D eigenvalue weighted by Gasteiger charge is 2.22. The highest BCUT2D eigenvalue weighted by atomic mass is 32.2. The van der Waals surface area contributed by atoms with Crippen molar-refractivity contribution >= 4 is 10.0 Å². The Bertz CT molecular complexity index is 531. The molecule has 0 spiro atoms. The van der Waals surface area contributed by atoms with E-state index < -0.39 is 10.0 Å². The Balaban J connectivity index is 1.90. The predicted octanol–water partition coefficient (Wildman–Crippen LogP) is 0.714. The summed E-state index contributed by atoms with van der Waals surface area (Å²) in [4.78, 5) is 2.31. The molecule has 0 bridgehead atoms. The van der Waals surface area contributed by atoms with Gasteiger partial charge in [0.05, 0.1) is 6.54 Å². The molecule has 1 aromatic heterocycles. The van der Waals surface area contributed by atoms with Crippen molar-refractivity contribution in [3.8, 4) is 0 Å². The van der Waals surface area contributed by atoms with E-state index in [1.165, 1.54) is 20.2 Å². The highest BCUT2D eigenvalue weighted by Crippen LogP contribution is 2.17. The first-order valence-electron chi connectivity index (χ1n) is 6.83. The van der Waals surface area contributed by atoms with Gasteiger partial charge in [-0.3, -0.25) is 0 Å². The first kappa shape index (κ1) is 15.5. The summed E-state index contributed by atoms with van der Waals surface area (Å²) in [5.41, 5.74) is 0. The largest absolute Gasteiger partial charge is 0.447 e. The Labute approximate surface area is 120 Å². The lowest BCUT2D eigenvalue weighted by molar-refractivity contribution is 0.230. The zero-order valence-electron chi connectivity index (χ0n) is 12.3. The summed E-state index contributed by atoms with van der Waals surface area (Å²) in [5, 5.41) is 3.43. The van der Waals surface area contributed by atoms with E-state index in [1.807, 2.05) is 0 Å². The summed E-state index contributed by atoms with van der Waals surface area (Å²) < 4.78 is 30.4. The molecule has 0 atom stereocenters. The van der Waals surface area contributed by atoms with Crippen LogP contribution < -0.4 is 5.32 Å². The maximum atomic E-state index is 11.9. The average Bonchev–Trinajstić information content (AvgIpc) is 2.87. The number of nitrogens with zero attached hydrogens (tertiary/aromatic N) is 2. The monoisotopic (exact) mass is 301 g/mol. The minimum atomic E-state index is -3.47. The molecule has 20 heavy (non-hydrogen) atoms. The van der Waals surface area contributed by atoms with Gasteiger partial charge < -0.3 is 14.6 Å². The molecule has 7 heteroatoms. The number of rotatable bonds is 5. The van der Waals surface area contributed by atoms with Crippen LogP contribution in [-0.2, 0) is 16.6 Å². The third-order valence-corrected chi connectivity index (χ3v) is 5.34. The van der Waals surface area contributed by atoms with Gasteiger partial charge in [-0.2, -0.15) is 0 Å². The molecule has 0 aromatic carbocycles. The summed E-state index contributed by atoms with van der Waals surface area (Å²) in [6.07, 6.45) is 2.22. The minimum absolute atomic E-state index is 0.00248. The molecule has 1 N–H and O–H groups in total. The Kier molecular flexibility index (Phi) is 4.85. The van der Waals surface area contributed by atoms with Crippen LogP contribution in [0.5, 0.6) is 0 Å². The maximum absolute atomic E-state index is 11.9. The molecule has 2 heterocycles. The van der Waals surface area contributed by atoms with E-state index in [-0.39, 0.29) is 5.09 Å². The topological polar surface area (TPSA) is 65.8 Å². The van der Waals surface area contributed by atoms with Gasteiger partial charge in [-0.15, -0.1) is 0 Å². The number of hydrogen-bond donors (Lipinski definition) is 1. The second-order valence-electron chi connectivity index (χ2n) is 5.47. The number of furan rings is 1. The summed E-state index contributed by atoms with van der Waals surface area (Å²) in [5.74, 6) is 0.657. The van der Waals surface area contributed by atoms with E-state index in [1.54, 1.807) is 6.07 Å². The molecular formula is C13H23N3O3S. The molecule has 1 saturated heterocycles. The van der Waals surface area contributed by atoms with Crippen molar-refractivity contribution in [1.82, 2.24) is 14.5 Å². The second kappa shape index (κ2) is 6.26. The van der Waals surface area contributed by atoms with Crippen LogP contribution in [0.25, 0.3) is 0 Å². The molecule has 114 valence electrons. The molecule has 1 aliphatic heterocycles. The molecule has 0 saturated carbocycles. The van der Waals surface area contributed by atoms with Crippen LogP contribution in [0.2, 0.25) is 0 Å². The predicted molar refractivity (Wildman–Crippen MR) is 76.9 cm³/mol. The van der Waals surface area contributed by atoms with Crippen LogP contribution in [-0.4, -0.2) is 57.9 Å². The standard InChI is InChI=1S/C13H23N3O3S/c1-15(2)20(17,18)13-5-4-12(19-13)10-14-11-6-8-16(3)9-7-11/h4-5,11,14H,6-10H2,1-3H3. The Hall–Kier alpha value is -0.890. The third-order valence-electron chi connectivity index (χ3n) is 3.66. The zero-order valence-corrected chi connectivity index (χ0v) is 13.1. The number of nitrogens with one attached hydrogen (secondary N) is 1. The van der Waals surface area contributed by atoms with Gasteiger partial charge in [-0.1, -0.05) is 0 Å². The molecule has 1 fully saturated rings. The van der Waals surface area contributed by atoms with E-state index in [4.69, 9.17) is 4.42 Å². The van der Waals surface area contributed by atoms with Gasteiger partial charge in [-0.25, -0.2) is 12.7 Å². The van der Waals surface area contributed by atoms with Crippen LogP contribution in [0, 0.1) is 0 Å². The lowest BCUT2D eigenvalue weighted by Gasteiger charge is -2.29. The Morgan fingerprint density at radius 3 is 2.60 bits per heavy atom. The molecule has 1 aliphatic rings.